The Kier molecular flexibility index (Phi) is 5.73. The molecule has 3 aromatic rings. The van der Waals surface area contributed by atoms with Gasteiger partial charge in [-0.25, -0.2) is 0 Å². The maximum Gasteiger partial charge on any atom is 0.254 e. The summed E-state index contributed by atoms with van der Waals surface area (Å²) in [6.45, 7) is 4.06. The third-order valence-corrected chi connectivity index (χ3v) is 6.62. The number of nitrogens with one attached hydrogen (secondary N) is 1. The molecule has 160 valence electrons. The van der Waals surface area contributed by atoms with Crippen molar-refractivity contribution < 1.29 is 14.3 Å². The van der Waals surface area contributed by atoms with E-state index in [9.17, 15) is 9.59 Å². The zero-order valence-corrected chi connectivity index (χ0v) is 18.6. The predicted octanol–water partition coefficient (Wildman–Crippen LogP) is 4.22. The molecule has 2 aromatic carbocycles. The molecule has 1 aliphatic heterocycles. The number of nitrogens with zero attached hydrogens (tertiary/aromatic N) is 3. The number of likely N-dealkylation sites (N-methyl/N-ethyl adjacent to an activating group) is 1. The molecule has 7 nitrogen and oxygen atoms in total. The van der Waals surface area contributed by atoms with E-state index in [0.29, 0.717) is 22.0 Å². The van der Waals surface area contributed by atoms with Crippen LogP contribution in [0.15, 0.2) is 48.5 Å². The lowest BCUT2D eigenvalue weighted by Crippen LogP contribution is -2.44. The molecule has 4 rings (SSSR count). The number of aromatic nitrogens is 2. The second kappa shape index (κ2) is 8.47. The fourth-order valence-electron chi connectivity index (χ4n) is 3.88. The van der Waals surface area contributed by atoms with Gasteiger partial charge in [-0.2, -0.15) is 0 Å². The van der Waals surface area contributed by atoms with Crippen LogP contribution in [-0.4, -0.2) is 41.1 Å². The van der Waals surface area contributed by atoms with Gasteiger partial charge in [0.05, 0.1) is 19.1 Å². The number of methoxy groups -OCH3 is 1. The van der Waals surface area contributed by atoms with E-state index in [0.717, 1.165) is 10.6 Å². The molecule has 0 saturated heterocycles. The van der Waals surface area contributed by atoms with E-state index in [-0.39, 0.29) is 17.7 Å². The second-order valence-electron chi connectivity index (χ2n) is 7.79. The molecule has 8 heteroatoms. The number of anilines is 1. The van der Waals surface area contributed by atoms with Crippen LogP contribution in [0.1, 0.15) is 58.2 Å². The second-order valence-corrected chi connectivity index (χ2v) is 8.80. The first-order chi connectivity index (χ1) is 14.9. The Bertz CT molecular complexity index is 1110. The third-order valence-electron chi connectivity index (χ3n) is 5.48. The molecule has 0 unspecified atom stereocenters. The molecule has 0 fully saturated rings. The molecular formula is C23H24N4O3S. The topological polar surface area (TPSA) is 84.4 Å². The van der Waals surface area contributed by atoms with Crippen LogP contribution in [-0.2, 0) is 4.79 Å². The standard InChI is InChI=1S/C23H24N4O3S/c1-13(2)21-25-26-23(31-21)24-20(28)18-16-7-5-6-8-17(16)22(29)27(3)19(18)14-9-11-15(30-4)12-10-14/h5-13,18-19H,1-4H3,(H,24,26,28)/t18-,19-/m1/s1. The summed E-state index contributed by atoms with van der Waals surface area (Å²) < 4.78 is 5.26. The van der Waals surface area contributed by atoms with Crippen LogP contribution in [0.3, 0.4) is 0 Å². The van der Waals surface area contributed by atoms with Crippen LogP contribution in [0.5, 0.6) is 5.75 Å². The largest absolute Gasteiger partial charge is 0.497 e. The lowest BCUT2D eigenvalue weighted by Gasteiger charge is -2.39. The van der Waals surface area contributed by atoms with Gasteiger partial charge < -0.3 is 9.64 Å². The van der Waals surface area contributed by atoms with Crippen molar-refractivity contribution in [1.82, 2.24) is 15.1 Å². The minimum absolute atomic E-state index is 0.113. The summed E-state index contributed by atoms with van der Waals surface area (Å²) in [7, 11) is 3.33. The molecule has 0 aliphatic carbocycles. The Labute approximate surface area is 185 Å². The molecule has 1 N–H and O–H groups in total. The van der Waals surface area contributed by atoms with Crippen molar-refractivity contribution in [2.24, 2.45) is 0 Å². The molecule has 1 aromatic heterocycles. The fraction of sp³-hybridized carbons (Fsp3) is 0.304. The molecule has 2 amide bonds. The van der Waals surface area contributed by atoms with Crippen molar-refractivity contribution in [3.63, 3.8) is 0 Å². The molecule has 1 aliphatic rings. The van der Waals surface area contributed by atoms with Crippen LogP contribution in [0.25, 0.3) is 0 Å². The van der Waals surface area contributed by atoms with Crippen LogP contribution in [0.2, 0.25) is 0 Å². The highest BCUT2D eigenvalue weighted by Gasteiger charge is 2.42. The number of hydrogen-bond donors (Lipinski definition) is 1. The third kappa shape index (κ3) is 3.90. The number of carbonyl (C=O) groups is 2. The lowest BCUT2D eigenvalue weighted by atomic mass is 9.79. The number of benzene rings is 2. The number of rotatable bonds is 5. The summed E-state index contributed by atoms with van der Waals surface area (Å²) in [5, 5.41) is 12.5. The van der Waals surface area contributed by atoms with Gasteiger partial charge in [0.25, 0.3) is 5.91 Å². The summed E-state index contributed by atoms with van der Waals surface area (Å²) in [4.78, 5) is 28.2. The zero-order valence-electron chi connectivity index (χ0n) is 17.8. The van der Waals surface area contributed by atoms with E-state index in [1.165, 1.54) is 11.3 Å². The molecule has 0 radical (unpaired) electrons. The number of fused-ring (bicyclic) bond motifs is 1. The summed E-state index contributed by atoms with van der Waals surface area (Å²) in [5.41, 5.74) is 2.10. The van der Waals surface area contributed by atoms with Gasteiger partial charge in [-0.05, 0) is 29.3 Å². The van der Waals surface area contributed by atoms with E-state index in [4.69, 9.17) is 4.74 Å². The van der Waals surface area contributed by atoms with Gasteiger partial charge in [-0.1, -0.05) is 55.5 Å². The Morgan fingerprint density at radius 3 is 2.48 bits per heavy atom. The first-order valence-electron chi connectivity index (χ1n) is 10.0. The van der Waals surface area contributed by atoms with E-state index in [2.05, 4.69) is 15.5 Å². The van der Waals surface area contributed by atoms with E-state index in [1.807, 2.05) is 56.3 Å². The first-order valence-corrected chi connectivity index (χ1v) is 10.9. The number of hydrogen-bond acceptors (Lipinski definition) is 6. The Morgan fingerprint density at radius 2 is 1.84 bits per heavy atom. The van der Waals surface area contributed by atoms with Crippen LogP contribution in [0, 0.1) is 0 Å². The molecule has 2 atom stereocenters. The van der Waals surface area contributed by atoms with E-state index in [1.54, 1.807) is 25.1 Å². The fourth-order valence-corrected chi connectivity index (χ4v) is 4.63. The molecule has 0 spiro atoms. The molecule has 2 heterocycles. The summed E-state index contributed by atoms with van der Waals surface area (Å²) >= 11 is 1.37. The maximum atomic E-state index is 13.5. The smallest absolute Gasteiger partial charge is 0.254 e. The van der Waals surface area contributed by atoms with Crippen molar-refractivity contribution in [3.8, 4) is 5.75 Å². The van der Waals surface area contributed by atoms with Crippen molar-refractivity contribution in [2.75, 3.05) is 19.5 Å². The monoisotopic (exact) mass is 436 g/mol. The van der Waals surface area contributed by atoms with Gasteiger partial charge in [-0.3, -0.25) is 14.9 Å². The maximum absolute atomic E-state index is 13.5. The first kappa shape index (κ1) is 21.0. The quantitative estimate of drug-likeness (QED) is 0.647. The van der Waals surface area contributed by atoms with Crippen LogP contribution in [0.4, 0.5) is 5.13 Å². The Morgan fingerprint density at radius 1 is 1.13 bits per heavy atom. The highest BCUT2D eigenvalue weighted by molar-refractivity contribution is 7.15. The van der Waals surface area contributed by atoms with Gasteiger partial charge in [-0.15, -0.1) is 10.2 Å². The van der Waals surface area contributed by atoms with E-state index < -0.39 is 12.0 Å². The lowest BCUT2D eigenvalue weighted by molar-refractivity contribution is -0.119. The van der Waals surface area contributed by atoms with E-state index >= 15 is 0 Å². The Hall–Kier alpha value is -3.26. The minimum Gasteiger partial charge on any atom is -0.497 e. The van der Waals surface area contributed by atoms with Gasteiger partial charge in [0.15, 0.2) is 0 Å². The molecule has 0 bridgehead atoms. The predicted molar refractivity (Wildman–Crippen MR) is 120 cm³/mol. The van der Waals surface area contributed by atoms with Crippen LogP contribution >= 0.6 is 11.3 Å². The highest BCUT2D eigenvalue weighted by Crippen LogP contribution is 2.43. The van der Waals surface area contributed by atoms with Crippen molar-refractivity contribution >= 4 is 28.3 Å². The van der Waals surface area contributed by atoms with Crippen molar-refractivity contribution in [2.45, 2.75) is 31.7 Å². The van der Waals surface area contributed by atoms with Gasteiger partial charge >= 0.3 is 0 Å². The zero-order chi connectivity index (χ0) is 22.1. The SMILES string of the molecule is COc1ccc([C@@H]2[C@H](C(=O)Nc3nnc(C(C)C)s3)c3ccccc3C(=O)N2C)cc1. The highest BCUT2D eigenvalue weighted by atomic mass is 32.1. The molecule has 31 heavy (non-hydrogen) atoms. The normalized spacial score (nSPS) is 18.1. The van der Waals surface area contributed by atoms with Crippen LogP contribution < -0.4 is 10.1 Å². The molecular weight excluding hydrogens is 412 g/mol. The average Bonchev–Trinajstić information content (AvgIpc) is 3.25. The van der Waals surface area contributed by atoms with Gasteiger partial charge in [0.2, 0.25) is 11.0 Å². The summed E-state index contributed by atoms with van der Waals surface area (Å²) in [5.74, 6) is 0.00984. The van der Waals surface area contributed by atoms with Crippen molar-refractivity contribution in [3.05, 3.63) is 70.2 Å². The van der Waals surface area contributed by atoms with Crippen molar-refractivity contribution in [1.29, 1.82) is 0 Å². The average molecular weight is 437 g/mol. The number of carbonyl (C=O) groups excluding carboxylic acids is 2. The number of ether oxygens (including phenoxy) is 1. The summed E-state index contributed by atoms with van der Waals surface area (Å²) in [6, 6.07) is 14.3. The van der Waals surface area contributed by atoms with Gasteiger partial charge in [0, 0.05) is 18.5 Å². The Balaban J connectivity index is 1.76. The summed E-state index contributed by atoms with van der Waals surface area (Å²) in [6.07, 6.45) is 0. The molecule has 0 saturated carbocycles. The van der Waals surface area contributed by atoms with Gasteiger partial charge in [0.1, 0.15) is 10.8 Å². The minimum atomic E-state index is -0.598. The number of amides is 2.